The highest BCUT2D eigenvalue weighted by atomic mass is 32.2. The van der Waals surface area contributed by atoms with Crippen LogP contribution in [0.15, 0.2) is 18.2 Å². The maximum atomic E-state index is 13.8. The number of rotatable bonds is 5. The van der Waals surface area contributed by atoms with Crippen LogP contribution in [-0.2, 0) is 16.6 Å². The summed E-state index contributed by atoms with van der Waals surface area (Å²) >= 11 is 0. The van der Waals surface area contributed by atoms with Gasteiger partial charge < -0.3 is 10.1 Å². The van der Waals surface area contributed by atoms with Gasteiger partial charge in [0.05, 0.1) is 13.4 Å². The third kappa shape index (κ3) is 4.39. The zero-order valence-electron chi connectivity index (χ0n) is 12.3. The highest BCUT2D eigenvalue weighted by Gasteiger charge is 2.24. The first-order chi connectivity index (χ1) is 9.90. The van der Waals surface area contributed by atoms with E-state index in [-0.39, 0.29) is 11.9 Å². The molecule has 0 atom stereocenters. The van der Waals surface area contributed by atoms with Crippen LogP contribution in [0.25, 0.3) is 0 Å². The van der Waals surface area contributed by atoms with Gasteiger partial charge in [-0.3, -0.25) is 0 Å². The Kier molecular flexibility index (Phi) is 5.18. The van der Waals surface area contributed by atoms with E-state index < -0.39 is 10.0 Å². The molecule has 2 rings (SSSR count). The predicted octanol–water partition coefficient (Wildman–Crippen LogP) is 1.35. The second-order valence-corrected chi connectivity index (χ2v) is 7.26. The van der Waals surface area contributed by atoms with Gasteiger partial charge in [-0.25, -0.2) is 17.1 Å². The molecule has 1 aliphatic rings. The first kappa shape index (κ1) is 16.2. The fourth-order valence-corrected chi connectivity index (χ4v) is 3.32. The van der Waals surface area contributed by atoms with Crippen molar-refractivity contribution in [1.82, 2.24) is 9.62 Å². The average Bonchev–Trinajstić information content (AvgIpc) is 2.45. The standard InChI is InChI=1S/C14H21FN2O3S/c1-20-13-4-3-11(14(15)9-13)10-16-12-5-7-17(8-6-12)21(2,18)19/h3-4,9,12,16H,5-8,10H2,1-2H3. The number of hydrogen-bond acceptors (Lipinski definition) is 4. The minimum Gasteiger partial charge on any atom is -0.497 e. The molecule has 1 aliphatic heterocycles. The number of methoxy groups -OCH3 is 1. The van der Waals surface area contributed by atoms with Crippen molar-refractivity contribution in [3.63, 3.8) is 0 Å². The van der Waals surface area contributed by atoms with E-state index in [4.69, 9.17) is 4.74 Å². The maximum Gasteiger partial charge on any atom is 0.211 e. The summed E-state index contributed by atoms with van der Waals surface area (Å²) in [5, 5.41) is 3.29. The Balaban J connectivity index is 1.85. The molecular weight excluding hydrogens is 295 g/mol. The molecule has 1 saturated heterocycles. The van der Waals surface area contributed by atoms with Crippen LogP contribution in [0, 0.1) is 5.82 Å². The van der Waals surface area contributed by atoms with Crippen LogP contribution in [0.2, 0.25) is 0 Å². The Morgan fingerprint density at radius 2 is 2.05 bits per heavy atom. The SMILES string of the molecule is COc1ccc(CNC2CCN(S(C)(=O)=O)CC2)c(F)c1. The highest BCUT2D eigenvalue weighted by molar-refractivity contribution is 7.88. The summed E-state index contributed by atoms with van der Waals surface area (Å²) in [6.45, 7) is 1.46. The molecule has 0 aromatic heterocycles. The van der Waals surface area contributed by atoms with E-state index in [1.165, 1.54) is 23.7 Å². The second-order valence-electron chi connectivity index (χ2n) is 5.27. The molecule has 0 amide bonds. The Morgan fingerprint density at radius 1 is 1.38 bits per heavy atom. The molecule has 0 spiro atoms. The van der Waals surface area contributed by atoms with Crippen molar-refractivity contribution in [2.24, 2.45) is 0 Å². The summed E-state index contributed by atoms with van der Waals surface area (Å²) in [6, 6.07) is 5.01. The quantitative estimate of drug-likeness (QED) is 0.891. The molecule has 1 fully saturated rings. The van der Waals surface area contributed by atoms with Crippen molar-refractivity contribution >= 4 is 10.0 Å². The molecule has 1 N–H and O–H groups in total. The summed E-state index contributed by atoms with van der Waals surface area (Å²) in [6.07, 6.45) is 2.71. The fraction of sp³-hybridized carbons (Fsp3) is 0.571. The van der Waals surface area contributed by atoms with E-state index in [1.54, 1.807) is 12.1 Å². The van der Waals surface area contributed by atoms with Crippen LogP contribution in [0.1, 0.15) is 18.4 Å². The molecule has 1 aromatic carbocycles. The molecular formula is C14H21FN2O3S. The molecule has 0 unspecified atom stereocenters. The minimum atomic E-state index is -3.10. The molecule has 1 aromatic rings. The summed E-state index contributed by atoms with van der Waals surface area (Å²) < 4.78 is 43.1. The fourth-order valence-electron chi connectivity index (χ4n) is 2.44. The van der Waals surface area contributed by atoms with E-state index in [9.17, 15) is 12.8 Å². The van der Waals surface area contributed by atoms with Crippen LogP contribution >= 0.6 is 0 Å². The van der Waals surface area contributed by atoms with Crippen molar-refractivity contribution in [1.29, 1.82) is 0 Å². The molecule has 0 bridgehead atoms. The lowest BCUT2D eigenvalue weighted by Gasteiger charge is -2.30. The second kappa shape index (κ2) is 6.72. The number of ether oxygens (including phenoxy) is 1. The smallest absolute Gasteiger partial charge is 0.211 e. The molecule has 0 radical (unpaired) electrons. The first-order valence-corrected chi connectivity index (χ1v) is 8.76. The number of halogens is 1. The Labute approximate surface area is 125 Å². The highest BCUT2D eigenvalue weighted by Crippen LogP contribution is 2.18. The topological polar surface area (TPSA) is 58.6 Å². The summed E-state index contributed by atoms with van der Waals surface area (Å²) in [7, 11) is -1.60. The van der Waals surface area contributed by atoms with Gasteiger partial charge in [-0.1, -0.05) is 6.07 Å². The number of benzene rings is 1. The van der Waals surface area contributed by atoms with Gasteiger partial charge in [-0.05, 0) is 18.9 Å². The average molecular weight is 316 g/mol. The van der Waals surface area contributed by atoms with Gasteiger partial charge in [-0.15, -0.1) is 0 Å². The van der Waals surface area contributed by atoms with Crippen LogP contribution in [-0.4, -0.2) is 45.2 Å². The lowest BCUT2D eigenvalue weighted by atomic mass is 10.1. The number of nitrogens with one attached hydrogen (secondary N) is 1. The van der Waals surface area contributed by atoms with Gasteiger partial charge in [0, 0.05) is 37.3 Å². The zero-order valence-corrected chi connectivity index (χ0v) is 13.1. The lowest BCUT2D eigenvalue weighted by Crippen LogP contribution is -2.44. The Morgan fingerprint density at radius 3 is 2.57 bits per heavy atom. The minimum absolute atomic E-state index is 0.213. The van der Waals surface area contributed by atoms with Crippen molar-refractivity contribution in [3.8, 4) is 5.75 Å². The molecule has 0 aliphatic carbocycles. The number of hydrogen-bond donors (Lipinski definition) is 1. The van der Waals surface area contributed by atoms with E-state index in [1.807, 2.05) is 0 Å². The van der Waals surface area contributed by atoms with Gasteiger partial charge >= 0.3 is 0 Å². The molecule has 5 nitrogen and oxygen atoms in total. The maximum absolute atomic E-state index is 13.8. The molecule has 0 saturated carbocycles. The zero-order chi connectivity index (χ0) is 15.5. The van der Waals surface area contributed by atoms with Crippen molar-refractivity contribution in [2.45, 2.75) is 25.4 Å². The van der Waals surface area contributed by atoms with Crippen LogP contribution < -0.4 is 10.1 Å². The molecule has 7 heteroatoms. The van der Waals surface area contributed by atoms with Gasteiger partial charge in [0.25, 0.3) is 0 Å². The van der Waals surface area contributed by atoms with Crippen LogP contribution in [0.4, 0.5) is 4.39 Å². The Bertz CT molecular complexity index is 584. The van der Waals surface area contributed by atoms with Gasteiger partial charge in [-0.2, -0.15) is 0 Å². The van der Waals surface area contributed by atoms with Gasteiger partial charge in [0.2, 0.25) is 10.0 Å². The van der Waals surface area contributed by atoms with Crippen LogP contribution in [0.3, 0.4) is 0 Å². The number of sulfonamides is 1. The van der Waals surface area contributed by atoms with E-state index in [0.29, 0.717) is 30.9 Å². The Hall–Kier alpha value is -1.18. The van der Waals surface area contributed by atoms with Crippen molar-refractivity contribution in [2.75, 3.05) is 26.5 Å². The normalized spacial score (nSPS) is 17.9. The number of nitrogens with zero attached hydrogens (tertiary/aromatic N) is 1. The van der Waals surface area contributed by atoms with Gasteiger partial charge in [0.1, 0.15) is 11.6 Å². The van der Waals surface area contributed by atoms with E-state index in [0.717, 1.165) is 12.8 Å². The van der Waals surface area contributed by atoms with Gasteiger partial charge in [0.15, 0.2) is 0 Å². The molecule has 1 heterocycles. The lowest BCUT2D eigenvalue weighted by molar-refractivity contribution is 0.289. The summed E-state index contributed by atoms with van der Waals surface area (Å²) in [5.74, 6) is 0.202. The van der Waals surface area contributed by atoms with Crippen molar-refractivity contribution < 1.29 is 17.5 Å². The monoisotopic (exact) mass is 316 g/mol. The van der Waals surface area contributed by atoms with Crippen molar-refractivity contribution in [3.05, 3.63) is 29.6 Å². The third-order valence-corrected chi connectivity index (χ3v) is 5.07. The molecule has 118 valence electrons. The first-order valence-electron chi connectivity index (χ1n) is 6.91. The summed E-state index contributed by atoms with van der Waals surface area (Å²) in [5.41, 5.74) is 0.585. The largest absolute Gasteiger partial charge is 0.497 e. The summed E-state index contributed by atoms with van der Waals surface area (Å²) in [4.78, 5) is 0. The number of piperidine rings is 1. The van der Waals surface area contributed by atoms with E-state index in [2.05, 4.69) is 5.32 Å². The van der Waals surface area contributed by atoms with E-state index >= 15 is 0 Å². The predicted molar refractivity (Wildman–Crippen MR) is 79.2 cm³/mol. The van der Waals surface area contributed by atoms with Crippen LogP contribution in [0.5, 0.6) is 5.75 Å². The molecule has 21 heavy (non-hydrogen) atoms. The third-order valence-electron chi connectivity index (χ3n) is 3.76.